The van der Waals surface area contributed by atoms with Crippen molar-refractivity contribution in [3.05, 3.63) is 0 Å². The van der Waals surface area contributed by atoms with Crippen molar-refractivity contribution in [3.8, 4) is 0 Å². The number of hydrogen-bond acceptors (Lipinski definition) is 7. The van der Waals surface area contributed by atoms with Crippen LogP contribution >= 0.6 is 12.6 Å². The number of aliphatic hydroxyl groups is 3. The van der Waals surface area contributed by atoms with Crippen molar-refractivity contribution in [2.45, 2.75) is 56.9 Å². The molecule has 0 saturated carbocycles. The maximum atomic E-state index is 11.3. The number of aliphatic hydroxyl groups excluding tert-OH is 3. The molecule has 21 heavy (non-hydrogen) atoms. The third-order valence-corrected chi connectivity index (χ3v) is 3.61. The van der Waals surface area contributed by atoms with Gasteiger partial charge in [0.15, 0.2) is 6.29 Å². The van der Waals surface area contributed by atoms with Crippen LogP contribution in [0, 0.1) is 0 Å². The summed E-state index contributed by atoms with van der Waals surface area (Å²) in [6.45, 7) is 2.33. The van der Waals surface area contributed by atoms with Crippen LogP contribution in [-0.2, 0) is 14.3 Å². The third-order valence-electron chi connectivity index (χ3n) is 3.30. The molecule has 1 saturated heterocycles. The Hall–Kier alpha value is -0.380. The van der Waals surface area contributed by atoms with Gasteiger partial charge in [0, 0.05) is 13.0 Å². The maximum absolute atomic E-state index is 11.3. The Bertz CT molecular complexity index is 319. The number of hydrogen-bond donors (Lipinski definition) is 5. The highest BCUT2D eigenvalue weighted by atomic mass is 32.1. The highest BCUT2D eigenvalue weighted by Gasteiger charge is 2.42. The van der Waals surface area contributed by atoms with Gasteiger partial charge in [0.1, 0.15) is 18.3 Å². The SMILES string of the molecule is C[C@@H]1O[C@@H](OCCCNC(=O)CCCS)[C@@H](O)[C@H](O)[C@@H]1O. The average molecular weight is 323 g/mol. The standard InChI is InChI=1S/C13H25NO6S/c1-8-10(16)11(17)12(18)13(20-8)19-6-3-5-14-9(15)4-2-7-21/h8,10-13,16-18,21H,2-7H2,1H3,(H,14,15)/t8-,10+,11+,12-,13+/m0/s1. The van der Waals surface area contributed by atoms with Crippen molar-refractivity contribution < 1.29 is 29.6 Å². The highest BCUT2D eigenvalue weighted by Crippen LogP contribution is 2.21. The Morgan fingerprint density at radius 1 is 1.24 bits per heavy atom. The fourth-order valence-corrected chi connectivity index (χ4v) is 2.14. The van der Waals surface area contributed by atoms with Gasteiger partial charge in [0.25, 0.3) is 0 Å². The molecule has 0 aromatic carbocycles. The van der Waals surface area contributed by atoms with E-state index in [1.54, 1.807) is 6.92 Å². The topological polar surface area (TPSA) is 108 Å². The van der Waals surface area contributed by atoms with Crippen LogP contribution in [0.15, 0.2) is 0 Å². The van der Waals surface area contributed by atoms with Gasteiger partial charge in [0.05, 0.1) is 12.7 Å². The molecule has 7 nitrogen and oxygen atoms in total. The summed E-state index contributed by atoms with van der Waals surface area (Å²) in [5.41, 5.74) is 0. The van der Waals surface area contributed by atoms with E-state index in [2.05, 4.69) is 17.9 Å². The minimum absolute atomic E-state index is 0.0230. The van der Waals surface area contributed by atoms with Crippen molar-refractivity contribution in [2.24, 2.45) is 0 Å². The lowest BCUT2D eigenvalue weighted by Gasteiger charge is -2.38. The summed E-state index contributed by atoms with van der Waals surface area (Å²) in [6.07, 6.45) is -3.55. The first-order valence-corrected chi connectivity index (χ1v) is 7.79. The molecule has 0 aromatic rings. The first-order valence-electron chi connectivity index (χ1n) is 7.16. The summed E-state index contributed by atoms with van der Waals surface area (Å²) in [6, 6.07) is 0. The summed E-state index contributed by atoms with van der Waals surface area (Å²) in [7, 11) is 0. The van der Waals surface area contributed by atoms with Crippen molar-refractivity contribution >= 4 is 18.5 Å². The van der Waals surface area contributed by atoms with Gasteiger partial charge in [-0.2, -0.15) is 12.6 Å². The molecule has 0 bridgehead atoms. The van der Waals surface area contributed by atoms with E-state index in [-0.39, 0.29) is 12.5 Å². The Balaban J connectivity index is 2.16. The molecule has 1 rings (SSSR count). The van der Waals surface area contributed by atoms with Crippen LogP contribution in [0.3, 0.4) is 0 Å². The van der Waals surface area contributed by atoms with Crippen LogP contribution in [0.2, 0.25) is 0 Å². The van der Waals surface area contributed by atoms with Crippen LogP contribution in [0.1, 0.15) is 26.2 Å². The predicted molar refractivity (Wildman–Crippen MR) is 79.0 cm³/mol. The fraction of sp³-hybridized carbons (Fsp3) is 0.923. The second kappa shape index (κ2) is 9.60. The molecule has 0 spiro atoms. The number of thiol groups is 1. The molecule has 1 aliphatic heterocycles. The molecule has 0 radical (unpaired) electrons. The molecule has 1 aliphatic rings. The van der Waals surface area contributed by atoms with Crippen LogP contribution in [0.5, 0.6) is 0 Å². The van der Waals surface area contributed by atoms with E-state index in [0.29, 0.717) is 25.1 Å². The van der Waals surface area contributed by atoms with Crippen LogP contribution in [-0.4, -0.2) is 70.8 Å². The van der Waals surface area contributed by atoms with Gasteiger partial charge in [-0.25, -0.2) is 0 Å². The van der Waals surface area contributed by atoms with Gasteiger partial charge in [0.2, 0.25) is 5.91 Å². The van der Waals surface area contributed by atoms with Crippen molar-refractivity contribution in [1.29, 1.82) is 0 Å². The van der Waals surface area contributed by atoms with Gasteiger partial charge >= 0.3 is 0 Å². The fourth-order valence-electron chi connectivity index (χ4n) is 1.98. The lowest BCUT2D eigenvalue weighted by molar-refractivity contribution is -0.293. The molecule has 0 aromatic heterocycles. The second-order valence-corrected chi connectivity index (χ2v) is 5.53. The van der Waals surface area contributed by atoms with E-state index in [1.165, 1.54) is 0 Å². The molecular formula is C13H25NO6S. The number of nitrogens with one attached hydrogen (secondary N) is 1. The van der Waals surface area contributed by atoms with E-state index in [1.807, 2.05) is 0 Å². The summed E-state index contributed by atoms with van der Waals surface area (Å²) in [4.78, 5) is 11.3. The molecule has 0 unspecified atom stereocenters. The zero-order valence-corrected chi connectivity index (χ0v) is 13.0. The van der Waals surface area contributed by atoms with Crippen LogP contribution < -0.4 is 5.32 Å². The van der Waals surface area contributed by atoms with Crippen molar-refractivity contribution in [3.63, 3.8) is 0 Å². The normalized spacial score (nSPS) is 32.9. The molecule has 124 valence electrons. The molecule has 8 heteroatoms. The van der Waals surface area contributed by atoms with E-state index < -0.39 is 30.7 Å². The first kappa shape index (κ1) is 18.7. The smallest absolute Gasteiger partial charge is 0.220 e. The Labute approximate surface area is 130 Å². The largest absolute Gasteiger partial charge is 0.388 e. The summed E-state index contributed by atoms with van der Waals surface area (Å²) in [5.74, 6) is 0.657. The molecule has 4 N–H and O–H groups in total. The Morgan fingerprint density at radius 2 is 1.95 bits per heavy atom. The quantitative estimate of drug-likeness (QED) is 0.291. The average Bonchev–Trinajstić information content (AvgIpc) is 2.47. The molecule has 0 aliphatic carbocycles. The van der Waals surface area contributed by atoms with E-state index in [9.17, 15) is 20.1 Å². The van der Waals surface area contributed by atoms with Gasteiger partial charge < -0.3 is 30.1 Å². The Kier molecular flexibility index (Phi) is 8.53. The van der Waals surface area contributed by atoms with Gasteiger partial charge in [-0.15, -0.1) is 0 Å². The lowest BCUT2D eigenvalue weighted by atomic mass is 10.0. The third kappa shape index (κ3) is 6.09. The lowest BCUT2D eigenvalue weighted by Crippen LogP contribution is -2.57. The molecule has 1 fully saturated rings. The van der Waals surface area contributed by atoms with Gasteiger partial charge in [-0.3, -0.25) is 4.79 Å². The zero-order chi connectivity index (χ0) is 15.8. The van der Waals surface area contributed by atoms with Crippen LogP contribution in [0.4, 0.5) is 0 Å². The number of rotatable bonds is 8. The number of ether oxygens (including phenoxy) is 2. The summed E-state index contributed by atoms with van der Waals surface area (Å²) >= 11 is 4.03. The van der Waals surface area contributed by atoms with E-state index in [0.717, 1.165) is 6.42 Å². The van der Waals surface area contributed by atoms with Crippen molar-refractivity contribution in [2.75, 3.05) is 18.9 Å². The first-order chi connectivity index (χ1) is 9.97. The van der Waals surface area contributed by atoms with Gasteiger partial charge in [-0.1, -0.05) is 0 Å². The summed E-state index contributed by atoms with van der Waals surface area (Å²) < 4.78 is 10.6. The monoisotopic (exact) mass is 323 g/mol. The van der Waals surface area contributed by atoms with Crippen LogP contribution in [0.25, 0.3) is 0 Å². The van der Waals surface area contributed by atoms with Crippen molar-refractivity contribution in [1.82, 2.24) is 5.32 Å². The maximum Gasteiger partial charge on any atom is 0.220 e. The van der Waals surface area contributed by atoms with E-state index in [4.69, 9.17) is 9.47 Å². The number of amides is 1. The highest BCUT2D eigenvalue weighted by molar-refractivity contribution is 7.80. The predicted octanol–water partition coefficient (Wildman–Crippen LogP) is -0.953. The van der Waals surface area contributed by atoms with E-state index >= 15 is 0 Å². The molecule has 5 atom stereocenters. The molecule has 1 amide bonds. The molecular weight excluding hydrogens is 298 g/mol. The minimum Gasteiger partial charge on any atom is -0.388 e. The second-order valence-electron chi connectivity index (χ2n) is 5.08. The molecule has 1 heterocycles. The zero-order valence-electron chi connectivity index (χ0n) is 12.1. The Morgan fingerprint density at radius 3 is 2.62 bits per heavy atom. The minimum atomic E-state index is -1.29. The van der Waals surface area contributed by atoms with Gasteiger partial charge in [-0.05, 0) is 25.5 Å². The number of carbonyl (C=O) groups excluding carboxylic acids is 1. The number of carbonyl (C=O) groups is 1. The summed E-state index contributed by atoms with van der Waals surface area (Å²) in [5, 5.41) is 31.6.